The van der Waals surface area contributed by atoms with Crippen LogP contribution in [0.25, 0.3) is 21.9 Å². The van der Waals surface area contributed by atoms with E-state index < -0.39 is 0 Å². The summed E-state index contributed by atoms with van der Waals surface area (Å²) in [5.74, 6) is 0.876. The van der Waals surface area contributed by atoms with Crippen LogP contribution in [-0.4, -0.2) is 45.8 Å². The summed E-state index contributed by atoms with van der Waals surface area (Å²) in [7, 11) is 3.98. The Kier molecular flexibility index (Phi) is 5.70. The molecule has 0 unspecified atom stereocenters. The smallest absolute Gasteiger partial charge is 0.272 e. The molecule has 0 amide bonds. The summed E-state index contributed by atoms with van der Waals surface area (Å²) >= 11 is 0. The number of pyridine rings is 2. The first-order valence-corrected chi connectivity index (χ1v) is 11.1. The standard InChI is InChI=1S/C25H25FN6O2/c1-14-16(5-4-15(30-14)13-32(2)3)19-11-28-24(20-12-29-31-25(33)23(19)20)27-10-18-17-8-9-34-22(17)7-6-21(18)26/h4-7,11-12H,8-10,13H2,1-3H3,(H,27,28)(H,31,33). The lowest BCUT2D eigenvalue weighted by Gasteiger charge is -2.15. The highest BCUT2D eigenvalue weighted by atomic mass is 19.1. The molecule has 0 saturated carbocycles. The molecule has 0 bridgehead atoms. The summed E-state index contributed by atoms with van der Waals surface area (Å²) in [6, 6.07) is 6.99. The van der Waals surface area contributed by atoms with Crippen LogP contribution in [0.1, 0.15) is 22.5 Å². The van der Waals surface area contributed by atoms with Crippen molar-refractivity contribution in [2.75, 3.05) is 26.0 Å². The van der Waals surface area contributed by atoms with Gasteiger partial charge >= 0.3 is 0 Å². The summed E-state index contributed by atoms with van der Waals surface area (Å²) in [4.78, 5) is 24.2. The van der Waals surface area contributed by atoms with Gasteiger partial charge in [0.2, 0.25) is 0 Å². The molecule has 4 aromatic rings. The Bertz CT molecular complexity index is 1450. The summed E-state index contributed by atoms with van der Waals surface area (Å²) < 4.78 is 20.1. The largest absolute Gasteiger partial charge is 0.493 e. The van der Waals surface area contributed by atoms with E-state index >= 15 is 0 Å². The third-order valence-electron chi connectivity index (χ3n) is 5.99. The van der Waals surface area contributed by atoms with E-state index in [0.717, 1.165) is 29.1 Å². The normalized spacial score (nSPS) is 12.7. The van der Waals surface area contributed by atoms with Gasteiger partial charge < -0.3 is 15.0 Å². The van der Waals surface area contributed by atoms with Gasteiger partial charge in [-0.3, -0.25) is 9.78 Å². The molecule has 0 saturated heterocycles. The number of H-pyrrole nitrogens is 1. The molecule has 174 valence electrons. The fourth-order valence-electron chi connectivity index (χ4n) is 4.44. The van der Waals surface area contributed by atoms with Gasteiger partial charge in [0.05, 0.1) is 29.3 Å². The minimum Gasteiger partial charge on any atom is -0.493 e. The molecule has 8 nitrogen and oxygen atoms in total. The topological polar surface area (TPSA) is 96.0 Å². The average molecular weight is 461 g/mol. The first-order valence-electron chi connectivity index (χ1n) is 11.1. The summed E-state index contributed by atoms with van der Waals surface area (Å²) in [6.45, 7) is 3.40. The number of aromatic nitrogens is 4. The van der Waals surface area contributed by atoms with Gasteiger partial charge in [-0.2, -0.15) is 5.10 Å². The van der Waals surface area contributed by atoms with Gasteiger partial charge in [-0.25, -0.2) is 14.5 Å². The lowest BCUT2D eigenvalue weighted by atomic mass is 10.0. The van der Waals surface area contributed by atoms with Crippen LogP contribution in [0.15, 0.2) is 41.5 Å². The van der Waals surface area contributed by atoms with Crippen molar-refractivity contribution in [3.63, 3.8) is 0 Å². The van der Waals surface area contributed by atoms with Gasteiger partial charge in [0.25, 0.3) is 5.56 Å². The highest BCUT2D eigenvalue weighted by Crippen LogP contribution is 2.33. The molecule has 3 aromatic heterocycles. The van der Waals surface area contributed by atoms with Crippen LogP contribution in [0.5, 0.6) is 5.75 Å². The zero-order valence-corrected chi connectivity index (χ0v) is 19.3. The second-order valence-electron chi connectivity index (χ2n) is 8.64. The monoisotopic (exact) mass is 460 g/mol. The maximum Gasteiger partial charge on any atom is 0.272 e. The van der Waals surface area contributed by atoms with E-state index in [1.54, 1.807) is 18.5 Å². The van der Waals surface area contributed by atoms with Crippen LogP contribution >= 0.6 is 0 Å². The van der Waals surface area contributed by atoms with Crippen LogP contribution < -0.4 is 15.6 Å². The van der Waals surface area contributed by atoms with Crippen LogP contribution in [0.4, 0.5) is 10.2 Å². The van der Waals surface area contributed by atoms with Crippen molar-refractivity contribution in [3.05, 3.63) is 75.3 Å². The number of aromatic amines is 1. The molecule has 5 rings (SSSR count). The number of ether oxygens (including phenoxy) is 1. The SMILES string of the molecule is Cc1nc(CN(C)C)ccc1-c1cnc(NCc2c(F)ccc3c2CCO3)c2cn[nH]c(=O)c12. The van der Waals surface area contributed by atoms with E-state index in [1.165, 1.54) is 6.07 Å². The highest BCUT2D eigenvalue weighted by molar-refractivity contribution is 6.01. The fraction of sp³-hybridized carbons (Fsp3) is 0.280. The lowest BCUT2D eigenvalue weighted by molar-refractivity contribution is 0.356. The molecule has 1 aromatic carbocycles. The summed E-state index contributed by atoms with van der Waals surface area (Å²) in [5, 5.41) is 10.7. The molecule has 0 fully saturated rings. The molecule has 34 heavy (non-hydrogen) atoms. The molecule has 0 atom stereocenters. The van der Waals surface area contributed by atoms with Crippen molar-refractivity contribution in [3.8, 4) is 16.9 Å². The Hall–Kier alpha value is -3.85. The van der Waals surface area contributed by atoms with Crippen LogP contribution in [0.3, 0.4) is 0 Å². The third-order valence-corrected chi connectivity index (χ3v) is 5.99. The van der Waals surface area contributed by atoms with Gasteiger partial charge in [0, 0.05) is 53.7 Å². The van der Waals surface area contributed by atoms with Crippen LogP contribution in [0, 0.1) is 12.7 Å². The van der Waals surface area contributed by atoms with E-state index in [4.69, 9.17) is 9.72 Å². The summed E-state index contributed by atoms with van der Waals surface area (Å²) in [6.07, 6.45) is 3.88. The molecule has 2 N–H and O–H groups in total. The summed E-state index contributed by atoms with van der Waals surface area (Å²) in [5.41, 5.74) is 4.33. The zero-order chi connectivity index (χ0) is 23.8. The Morgan fingerprint density at radius 3 is 2.82 bits per heavy atom. The first-order chi connectivity index (χ1) is 16.4. The Labute approximate surface area is 195 Å². The van der Waals surface area contributed by atoms with E-state index in [0.29, 0.717) is 46.5 Å². The molecular weight excluding hydrogens is 435 g/mol. The minimum atomic E-state index is -0.324. The average Bonchev–Trinajstić information content (AvgIpc) is 3.27. The predicted octanol–water partition coefficient (Wildman–Crippen LogP) is 3.44. The molecule has 4 heterocycles. The molecule has 0 radical (unpaired) electrons. The number of hydrogen-bond acceptors (Lipinski definition) is 7. The van der Waals surface area contributed by atoms with Crippen molar-refractivity contribution in [1.82, 2.24) is 25.1 Å². The number of hydrogen-bond donors (Lipinski definition) is 2. The van der Waals surface area contributed by atoms with E-state index in [-0.39, 0.29) is 17.9 Å². The van der Waals surface area contributed by atoms with Crippen molar-refractivity contribution < 1.29 is 9.13 Å². The molecular formula is C25H25FN6O2. The van der Waals surface area contributed by atoms with Gasteiger partial charge in [-0.15, -0.1) is 0 Å². The van der Waals surface area contributed by atoms with Gasteiger partial charge in [-0.1, -0.05) is 6.07 Å². The molecule has 1 aliphatic rings. The number of benzene rings is 1. The van der Waals surface area contributed by atoms with E-state index in [2.05, 4.69) is 20.5 Å². The Morgan fingerprint density at radius 2 is 2.03 bits per heavy atom. The van der Waals surface area contributed by atoms with Gasteiger partial charge in [0.15, 0.2) is 0 Å². The lowest BCUT2D eigenvalue weighted by Crippen LogP contribution is -2.13. The second kappa shape index (κ2) is 8.83. The second-order valence-corrected chi connectivity index (χ2v) is 8.64. The van der Waals surface area contributed by atoms with Gasteiger partial charge in [0.1, 0.15) is 17.4 Å². The number of rotatable bonds is 6. The van der Waals surface area contributed by atoms with Crippen molar-refractivity contribution in [2.45, 2.75) is 26.4 Å². The molecule has 9 heteroatoms. The number of halogens is 1. The van der Waals surface area contributed by atoms with E-state index in [9.17, 15) is 9.18 Å². The van der Waals surface area contributed by atoms with Crippen molar-refractivity contribution in [2.24, 2.45) is 0 Å². The fourth-order valence-corrected chi connectivity index (χ4v) is 4.44. The molecule has 0 aliphatic carbocycles. The first kappa shape index (κ1) is 22.0. The zero-order valence-electron chi connectivity index (χ0n) is 19.3. The van der Waals surface area contributed by atoms with Crippen molar-refractivity contribution >= 4 is 16.6 Å². The Balaban J connectivity index is 1.54. The minimum absolute atomic E-state index is 0.215. The molecule has 1 aliphatic heterocycles. The maximum absolute atomic E-state index is 14.6. The van der Waals surface area contributed by atoms with Crippen LogP contribution in [-0.2, 0) is 19.5 Å². The quantitative estimate of drug-likeness (QED) is 0.455. The number of nitrogens with zero attached hydrogens (tertiary/aromatic N) is 4. The Morgan fingerprint density at radius 1 is 1.18 bits per heavy atom. The number of anilines is 1. The number of aryl methyl sites for hydroxylation is 1. The van der Waals surface area contributed by atoms with Gasteiger partial charge in [-0.05, 0) is 39.2 Å². The van der Waals surface area contributed by atoms with E-state index in [1.807, 2.05) is 38.1 Å². The predicted molar refractivity (Wildman–Crippen MR) is 128 cm³/mol. The van der Waals surface area contributed by atoms with Crippen LogP contribution in [0.2, 0.25) is 0 Å². The number of nitrogens with one attached hydrogen (secondary N) is 2. The third kappa shape index (κ3) is 3.99. The number of fused-ring (bicyclic) bond motifs is 2. The molecule has 0 spiro atoms. The maximum atomic E-state index is 14.6. The highest BCUT2D eigenvalue weighted by Gasteiger charge is 2.20. The van der Waals surface area contributed by atoms with Crippen molar-refractivity contribution in [1.29, 1.82) is 0 Å².